The van der Waals surface area contributed by atoms with Gasteiger partial charge in [-0.3, -0.25) is 4.79 Å². The van der Waals surface area contributed by atoms with Crippen LogP contribution in [0.15, 0.2) is 54.6 Å². The highest BCUT2D eigenvalue weighted by Gasteiger charge is 2.29. The van der Waals surface area contributed by atoms with E-state index in [1.165, 1.54) is 7.11 Å². The number of alkyl carbamates (subject to hydrolysis) is 1. The van der Waals surface area contributed by atoms with Gasteiger partial charge in [-0.15, -0.1) is 0 Å². The number of esters is 1. The lowest BCUT2D eigenvalue weighted by Gasteiger charge is -2.25. The van der Waals surface area contributed by atoms with Crippen LogP contribution in [0.2, 0.25) is 0 Å². The Hall–Kier alpha value is -3.35. The molecule has 0 aliphatic carbocycles. The van der Waals surface area contributed by atoms with Crippen molar-refractivity contribution >= 4 is 18.0 Å². The number of amides is 2. The van der Waals surface area contributed by atoms with Crippen LogP contribution >= 0.6 is 0 Å². The van der Waals surface area contributed by atoms with Crippen LogP contribution in [0.4, 0.5) is 4.79 Å². The maximum Gasteiger partial charge on any atom is 0.408 e. The number of hydrogen-bond donors (Lipinski definition) is 2. The molecule has 0 aliphatic heterocycles. The van der Waals surface area contributed by atoms with Gasteiger partial charge < -0.3 is 20.1 Å². The number of benzene rings is 2. The number of rotatable bonds is 8. The average Bonchev–Trinajstić information content (AvgIpc) is 2.73. The molecule has 0 saturated carbocycles. The Balaban J connectivity index is 2.20. The second-order valence-electron chi connectivity index (χ2n) is 8.66. The maximum absolute atomic E-state index is 13.1. The molecule has 7 heteroatoms. The maximum atomic E-state index is 13.1. The molecular formula is C25H32N2O5. The van der Waals surface area contributed by atoms with Crippen LogP contribution in [0.5, 0.6) is 0 Å². The summed E-state index contributed by atoms with van der Waals surface area (Å²) in [6.45, 7) is 7.20. The minimum atomic E-state index is -0.935. The van der Waals surface area contributed by atoms with E-state index in [1.54, 1.807) is 20.8 Å². The molecule has 2 atom stereocenters. The zero-order chi connectivity index (χ0) is 23.7. The lowest BCUT2D eigenvalue weighted by Crippen LogP contribution is -2.53. The van der Waals surface area contributed by atoms with Gasteiger partial charge in [0.25, 0.3) is 0 Å². The van der Waals surface area contributed by atoms with Crippen molar-refractivity contribution in [1.29, 1.82) is 0 Å². The quantitative estimate of drug-likeness (QED) is 0.614. The Kier molecular flexibility index (Phi) is 8.81. The van der Waals surface area contributed by atoms with Crippen LogP contribution < -0.4 is 10.6 Å². The summed E-state index contributed by atoms with van der Waals surface area (Å²) in [6, 6.07) is 15.2. The van der Waals surface area contributed by atoms with Gasteiger partial charge in [-0.2, -0.15) is 0 Å². The molecule has 0 saturated heterocycles. The van der Waals surface area contributed by atoms with Crippen molar-refractivity contribution in [3.05, 3.63) is 71.3 Å². The van der Waals surface area contributed by atoms with E-state index in [1.807, 2.05) is 61.5 Å². The van der Waals surface area contributed by atoms with Crippen molar-refractivity contribution in [2.45, 2.75) is 58.2 Å². The Labute approximate surface area is 189 Å². The van der Waals surface area contributed by atoms with Gasteiger partial charge in [0.1, 0.15) is 17.7 Å². The van der Waals surface area contributed by atoms with Gasteiger partial charge >= 0.3 is 12.1 Å². The van der Waals surface area contributed by atoms with Crippen LogP contribution in [0.1, 0.15) is 37.5 Å². The average molecular weight is 441 g/mol. The normalized spacial score (nSPS) is 12.9. The van der Waals surface area contributed by atoms with E-state index in [4.69, 9.17) is 9.47 Å². The number of nitrogens with one attached hydrogen (secondary N) is 2. The van der Waals surface area contributed by atoms with E-state index < -0.39 is 35.7 Å². The number of carbonyl (C=O) groups excluding carboxylic acids is 3. The first-order valence-corrected chi connectivity index (χ1v) is 10.5. The number of carbonyl (C=O) groups is 3. The highest BCUT2D eigenvalue weighted by molar-refractivity contribution is 5.90. The van der Waals surface area contributed by atoms with Crippen molar-refractivity contribution in [2.24, 2.45) is 0 Å². The lowest BCUT2D eigenvalue weighted by atomic mass is 10.0. The predicted molar refractivity (Wildman–Crippen MR) is 122 cm³/mol. The van der Waals surface area contributed by atoms with Crippen LogP contribution in [-0.4, -0.2) is 42.8 Å². The van der Waals surface area contributed by atoms with E-state index in [0.717, 1.165) is 16.7 Å². The first-order chi connectivity index (χ1) is 15.1. The molecule has 32 heavy (non-hydrogen) atoms. The van der Waals surface area contributed by atoms with Crippen LogP contribution in [0.25, 0.3) is 0 Å². The summed E-state index contributed by atoms with van der Waals surface area (Å²) in [5.41, 5.74) is 2.11. The van der Waals surface area contributed by atoms with Crippen molar-refractivity contribution in [3.8, 4) is 0 Å². The summed E-state index contributed by atoms with van der Waals surface area (Å²) in [7, 11) is 1.27. The second kappa shape index (κ2) is 11.3. The zero-order valence-electron chi connectivity index (χ0n) is 19.3. The Morgan fingerprint density at radius 2 is 1.41 bits per heavy atom. The minimum absolute atomic E-state index is 0.241. The summed E-state index contributed by atoms with van der Waals surface area (Å²) in [4.78, 5) is 37.9. The minimum Gasteiger partial charge on any atom is -0.467 e. The van der Waals surface area contributed by atoms with Crippen molar-refractivity contribution < 1.29 is 23.9 Å². The molecule has 0 aliphatic rings. The van der Waals surface area contributed by atoms with Crippen molar-refractivity contribution in [1.82, 2.24) is 10.6 Å². The van der Waals surface area contributed by atoms with Gasteiger partial charge in [-0.1, -0.05) is 60.2 Å². The summed E-state index contributed by atoms with van der Waals surface area (Å²) < 4.78 is 10.2. The molecule has 0 radical (unpaired) electrons. The smallest absolute Gasteiger partial charge is 0.408 e. The van der Waals surface area contributed by atoms with Gasteiger partial charge in [-0.25, -0.2) is 9.59 Å². The molecular weight excluding hydrogens is 408 g/mol. The molecule has 2 rings (SSSR count). The molecule has 0 fully saturated rings. The third-order valence-electron chi connectivity index (χ3n) is 4.65. The molecule has 7 nitrogen and oxygen atoms in total. The summed E-state index contributed by atoms with van der Waals surface area (Å²) in [5, 5.41) is 5.37. The molecule has 2 amide bonds. The number of ether oxygens (including phenoxy) is 2. The summed E-state index contributed by atoms with van der Waals surface area (Å²) in [5.74, 6) is -1.06. The van der Waals surface area contributed by atoms with Gasteiger partial charge in [0, 0.05) is 12.8 Å². The fraction of sp³-hybridized carbons (Fsp3) is 0.400. The van der Waals surface area contributed by atoms with E-state index in [2.05, 4.69) is 10.6 Å². The molecule has 2 N–H and O–H groups in total. The molecule has 2 aromatic rings. The first kappa shape index (κ1) is 24.9. The van der Waals surface area contributed by atoms with E-state index in [0.29, 0.717) is 0 Å². The van der Waals surface area contributed by atoms with E-state index in [9.17, 15) is 14.4 Å². The second-order valence-corrected chi connectivity index (χ2v) is 8.66. The highest BCUT2D eigenvalue weighted by atomic mass is 16.6. The SMILES string of the molecule is COC(=O)[C@H](Cc1ccccc1)NC(=O)[C@H](Cc1ccc(C)cc1)NC(=O)OC(C)(C)C. The molecule has 0 spiro atoms. The predicted octanol–water partition coefficient (Wildman–Crippen LogP) is 3.33. The van der Waals surface area contributed by atoms with Gasteiger partial charge in [-0.05, 0) is 38.8 Å². The number of hydrogen-bond acceptors (Lipinski definition) is 5. The molecule has 0 aromatic heterocycles. The van der Waals surface area contributed by atoms with Gasteiger partial charge in [0.05, 0.1) is 7.11 Å². The topological polar surface area (TPSA) is 93.7 Å². The van der Waals surface area contributed by atoms with E-state index >= 15 is 0 Å². The Morgan fingerprint density at radius 3 is 1.97 bits per heavy atom. The first-order valence-electron chi connectivity index (χ1n) is 10.5. The molecule has 0 heterocycles. The Bertz CT molecular complexity index is 904. The molecule has 2 aromatic carbocycles. The largest absolute Gasteiger partial charge is 0.467 e. The lowest BCUT2D eigenvalue weighted by molar-refractivity contribution is -0.145. The van der Waals surface area contributed by atoms with Crippen LogP contribution in [0.3, 0.4) is 0 Å². The summed E-state index contributed by atoms with van der Waals surface area (Å²) >= 11 is 0. The molecule has 172 valence electrons. The molecule has 0 unspecified atom stereocenters. The van der Waals surface area contributed by atoms with Crippen molar-refractivity contribution in [2.75, 3.05) is 7.11 Å². The monoisotopic (exact) mass is 440 g/mol. The fourth-order valence-corrected chi connectivity index (χ4v) is 3.08. The Morgan fingerprint density at radius 1 is 0.844 bits per heavy atom. The van der Waals surface area contributed by atoms with Crippen LogP contribution in [0, 0.1) is 6.92 Å². The summed E-state index contributed by atoms with van der Waals surface area (Å²) in [6.07, 6.45) is -0.199. The zero-order valence-corrected chi connectivity index (χ0v) is 19.3. The number of aryl methyl sites for hydroxylation is 1. The third-order valence-corrected chi connectivity index (χ3v) is 4.65. The standard InChI is InChI=1S/C25H32N2O5/c1-17-11-13-19(14-12-17)15-20(27-24(30)32-25(2,3)4)22(28)26-21(23(29)31-5)16-18-9-7-6-8-10-18/h6-14,20-21H,15-16H2,1-5H3,(H,26,28)(H,27,30)/t20-,21-/m0/s1. The van der Waals surface area contributed by atoms with Gasteiger partial charge in [0.15, 0.2) is 0 Å². The van der Waals surface area contributed by atoms with Crippen molar-refractivity contribution in [3.63, 3.8) is 0 Å². The van der Waals surface area contributed by atoms with Gasteiger partial charge in [0.2, 0.25) is 5.91 Å². The molecule has 0 bridgehead atoms. The fourth-order valence-electron chi connectivity index (χ4n) is 3.08. The van der Waals surface area contributed by atoms with E-state index in [-0.39, 0.29) is 12.8 Å². The third kappa shape index (κ3) is 8.41. The number of methoxy groups -OCH3 is 1. The highest BCUT2D eigenvalue weighted by Crippen LogP contribution is 2.11. The van der Waals surface area contributed by atoms with Crippen LogP contribution in [-0.2, 0) is 31.9 Å².